The van der Waals surface area contributed by atoms with Crippen LogP contribution < -0.4 is 0 Å². The number of alkyl halides is 3. The highest BCUT2D eigenvalue weighted by molar-refractivity contribution is 5.31. The average molecular weight is 343 g/mol. The molecule has 1 aliphatic heterocycles. The van der Waals surface area contributed by atoms with Crippen LogP contribution in [0.5, 0.6) is 0 Å². The lowest BCUT2D eigenvalue weighted by atomic mass is 9.91. The zero-order valence-corrected chi connectivity index (χ0v) is 12.8. The van der Waals surface area contributed by atoms with E-state index in [1.807, 2.05) is 4.90 Å². The summed E-state index contributed by atoms with van der Waals surface area (Å²) in [6.45, 7) is 0.709. The molecular weight excluding hydrogens is 326 g/mol. The van der Waals surface area contributed by atoms with Gasteiger partial charge in [0.15, 0.2) is 5.60 Å². The van der Waals surface area contributed by atoms with E-state index in [9.17, 15) is 22.7 Å². The predicted molar refractivity (Wildman–Crippen MR) is 79.0 cm³/mol. The lowest BCUT2D eigenvalue weighted by Gasteiger charge is -2.38. The summed E-state index contributed by atoms with van der Waals surface area (Å²) in [5.74, 6) is -0.336. The Morgan fingerprint density at radius 1 is 1.08 bits per heavy atom. The number of halogens is 4. The second-order valence-corrected chi connectivity index (χ2v) is 6.03. The summed E-state index contributed by atoms with van der Waals surface area (Å²) in [5, 5.41) is 14.0. The van der Waals surface area contributed by atoms with E-state index in [2.05, 4.69) is 5.10 Å². The van der Waals surface area contributed by atoms with E-state index in [1.54, 1.807) is 29.1 Å². The number of aliphatic hydroxyl groups is 1. The average Bonchev–Trinajstić information content (AvgIpc) is 2.98. The van der Waals surface area contributed by atoms with Gasteiger partial charge in [0.05, 0.1) is 11.4 Å². The van der Waals surface area contributed by atoms with Gasteiger partial charge in [-0.05, 0) is 43.2 Å². The molecule has 0 radical (unpaired) electrons. The number of aromatic nitrogens is 2. The molecule has 2 heterocycles. The first kappa shape index (κ1) is 16.9. The van der Waals surface area contributed by atoms with Crippen LogP contribution in [0, 0.1) is 5.82 Å². The predicted octanol–water partition coefficient (Wildman–Crippen LogP) is 2.90. The van der Waals surface area contributed by atoms with Crippen LogP contribution in [-0.2, 0) is 6.54 Å². The number of nitrogens with zero attached hydrogens (tertiary/aromatic N) is 3. The first-order chi connectivity index (χ1) is 11.3. The minimum atomic E-state index is -4.59. The molecule has 1 aromatic carbocycles. The van der Waals surface area contributed by atoms with Crippen LogP contribution >= 0.6 is 0 Å². The Labute approximate surface area is 136 Å². The highest BCUT2D eigenvalue weighted by atomic mass is 19.4. The van der Waals surface area contributed by atoms with Crippen molar-refractivity contribution < 1.29 is 22.7 Å². The first-order valence-electron chi connectivity index (χ1n) is 7.59. The molecule has 0 aliphatic carbocycles. The van der Waals surface area contributed by atoms with Gasteiger partial charge in [-0.3, -0.25) is 4.90 Å². The third-order valence-electron chi connectivity index (χ3n) is 4.33. The molecular formula is C16H17F4N3O. The smallest absolute Gasteiger partial charge is 0.380 e. The molecule has 1 aromatic heterocycles. The van der Waals surface area contributed by atoms with E-state index in [-0.39, 0.29) is 31.7 Å². The van der Waals surface area contributed by atoms with Crippen molar-refractivity contribution in [2.45, 2.75) is 31.2 Å². The molecule has 3 rings (SSSR count). The quantitative estimate of drug-likeness (QED) is 0.872. The van der Waals surface area contributed by atoms with Gasteiger partial charge in [-0.15, -0.1) is 0 Å². The van der Waals surface area contributed by atoms with Gasteiger partial charge < -0.3 is 5.11 Å². The van der Waals surface area contributed by atoms with Crippen molar-refractivity contribution in [3.8, 4) is 5.69 Å². The van der Waals surface area contributed by atoms with Gasteiger partial charge in [-0.25, -0.2) is 9.07 Å². The third-order valence-corrected chi connectivity index (χ3v) is 4.33. The second kappa shape index (κ2) is 6.18. The zero-order valence-electron chi connectivity index (χ0n) is 12.8. The van der Waals surface area contributed by atoms with Crippen molar-refractivity contribution in [1.82, 2.24) is 14.7 Å². The summed E-state index contributed by atoms with van der Waals surface area (Å²) in [5.41, 5.74) is -1.18. The molecule has 1 aliphatic rings. The summed E-state index contributed by atoms with van der Waals surface area (Å²) in [6, 6.07) is 7.62. The fourth-order valence-corrected chi connectivity index (χ4v) is 2.78. The van der Waals surface area contributed by atoms with Gasteiger partial charge in [-0.1, -0.05) is 0 Å². The second-order valence-electron chi connectivity index (χ2n) is 6.03. The summed E-state index contributed by atoms with van der Waals surface area (Å²) >= 11 is 0. The van der Waals surface area contributed by atoms with E-state index in [4.69, 9.17) is 0 Å². The van der Waals surface area contributed by atoms with Gasteiger partial charge in [0, 0.05) is 25.8 Å². The zero-order chi connectivity index (χ0) is 17.4. The summed E-state index contributed by atoms with van der Waals surface area (Å²) in [4.78, 5) is 1.83. The van der Waals surface area contributed by atoms with Crippen LogP contribution in [0.15, 0.2) is 36.5 Å². The third kappa shape index (κ3) is 3.44. The molecule has 2 aromatic rings. The standard InChI is InChI=1S/C16H17F4N3O/c17-12-1-3-14(4-2-12)23-8-5-13(21-23)11-22-9-6-15(24,7-10-22)16(18,19)20/h1-5,8,24H,6-7,9-11H2. The highest BCUT2D eigenvalue weighted by Crippen LogP contribution is 2.38. The number of hydrogen-bond acceptors (Lipinski definition) is 3. The van der Waals surface area contributed by atoms with Crippen molar-refractivity contribution in [2.24, 2.45) is 0 Å². The van der Waals surface area contributed by atoms with Crippen molar-refractivity contribution in [1.29, 1.82) is 0 Å². The van der Waals surface area contributed by atoms with Gasteiger partial charge in [-0.2, -0.15) is 18.3 Å². The molecule has 0 bridgehead atoms. The molecule has 0 amide bonds. The fourth-order valence-electron chi connectivity index (χ4n) is 2.78. The van der Waals surface area contributed by atoms with E-state index >= 15 is 0 Å². The SMILES string of the molecule is OC1(C(F)(F)F)CCN(Cc2ccn(-c3ccc(F)cc3)n2)CC1. The minimum absolute atomic E-state index is 0.152. The number of benzene rings is 1. The van der Waals surface area contributed by atoms with Gasteiger partial charge in [0.2, 0.25) is 0 Å². The molecule has 24 heavy (non-hydrogen) atoms. The number of piperidine rings is 1. The molecule has 4 nitrogen and oxygen atoms in total. The van der Waals surface area contributed by atoms with Crippen molar-refractivity contribution in [2.75, 3.05) is 13.1 Å². The maximum absolute atomic E-state index is 12.9. The Kier molecular flexibility index (Phi) is 4.35. The number of likely N-dealkylation sites (tertiary alicyclic amines) is 1. The highest BCUT2D eigenvalue weighted by Gasteiger charge is 2.54. The molecule has 130 valence electrons. The molecule has 0 saturated carbocycles. The van der Waals surface area contributed by atoms with Crippen LogP contribution in [0.4, 0.5) is 17.6 Å². The van der Waals surface area contributed by atoms with Crippen molar-refractivity contribution >= 4 is 0 Å². The molecule has 0 unspecified atom stereocenters. The van der Waals surface area contributed by atoms with Gasteiger partial charge in [0.1, 0.15) is 5.82 Å². The van der Waals surface area contributed by atoms with Crippen LogP contribution in [0.25, 0.3) is 5.69 Å². The molecule has 1 N–H and O–H groups in total. The topological polar surface area (TPSA) is 41.3 Å². The van der Waals surface area contributed by atoms with Crippen molar-refractivity contribution in [3.63, 3.8) is 0 Å². The van der Waals surface area contributed by atoms with Crippen LogP contribution in [0.1, 0.15) is 18.5 Å². The maximum atomic E-state index is 12.9. The minimum Gasteiger partial charge on any atom is -0.380 e. The van der Waals surface area contributed by atoms with Crippen LogP contribution in [-0.4, -0.2) is 44.7 Å². The largest absolute Gasteiger partial charge is 0.417 e. The summed E-state index contributed by atoms with van der Waals surface area (Å²) in [6.07, 6.45) is -3.55. The summed E-state index contributed by atoms with van der Waals surface area (Å²) < 4.78 is 52.9. The van der Waals surface area contributed by atoms with Gasteiger partial charge >= 0.3 is 6.18 Å². The van der Waals surface area contributed by atoms with Gasteiger partial charge in [0.25, 0.3) is 0 Å². The van der Waals surface area contributed by atoms with E-state index in [0.29, 0.717) is 17.9 Å². The van der Waals surface area contributed by atoms with Crippen molar-refractivity contribution in [3.05, 3.63) is 48.0 Å². The van der Waals surface area contributed by atoms with E-state index < -0.39 is 11.8 Å². The Hall–Kier alpha value is -1.93. The molecule has 1 fully saturated rings. The molecule has 1 saturated heterocycles. The lowest BCUT2D eigenvalue weighted by molar-refractivity contribution is -0.272. The van der Waals surface area contributed by atoms with Crippen LogP contribution in [0.2, 0.25) is 0 Å². The number of hydrogen-bond donors (Lipinski definition) is 1. The van der Waals surface area contributed by atoms with E-state index in [1.165, 1.54) is 12.1 Å². The van der Waals surface area contributed by atoms with Crippen LogP contribution in [0.3, 0.4) is 0 Å². The first-order valence-corrected chi connectivity index (χ1v) is 7.59. The maximum Gasteiger partial charge on any atom is 0.417 e. The Morgan fingerprint density at radius 3 is 2.29 bits per heavy atom. The summed E-state index contributed by atoms with van der Waals surface area (Å²) in [7, 11) is 0. The molecule has 0 spiro atoms. The Bertz CT molecular complexity index is 688. The molecule has 0 atom stereocenters. The molecule has 8 heteroatoms. The van der Waals surface area contributed by atoms with E-state index in [0.717, 1.165) is 0 Å². The monoisotopic (exact) mass is 343 g/mol. The number of rotatable bonds is 3. The lowest BCUT2D eigenvalue weighted by Crippen LogP contribution is -2.53. The fraction of sp³-hybridized carbons (Fsp3) is 0.438. The normalized spacial score (nSPS) is 18.7. The Balaban J connectivity index is 1.61. The Morgan fingerprint density at radius 2 is 1.71 bits per heavy atom.